The summed E-state index contributed by atoms with van der Waals surface area (Å²) in [6, 6.07) is 5.81. The van der Waals surface area contributed by atoms with Crippen LogP contribution in [0.25, 0.3) is 0 Å². The molecule has 0 saturated heterocycles. The number of anilines is 1. The van der Waals surface area contributed by atoms with E-state index in [4.69, 9.17) is 0 Å². The van der Waals surface area contributed by atoms with E-state index >= 15 is 0 Å². The molecule has 0 fully saturated rings. The largest absolute Gasteiger partial charge is 0.435 e. The molecule has 1 aromatic rings. The van der Waals surface area contributed by atoms with Crippen LogP contribution in [0.1, 0.15) is 6.92 Å². The number of hydrogen-bond donors (Lipinski definition) is 1. The lowest BCUT2D eigenvalue weighted by Gasteiger charge is -2.06. The monoisotopic (exact) mass is 201 g/mol. The Bertz CT molecular complexity index is 328. The number of nitrogens with one attached hydrogen (secondary N) is 1. The molecule has 0 aliphatic heterocycles. The van der Waals surface area contributed by atoms with Crippen LogP contribution in [-0.4, -0.2) is 12.5 Å². The van der Waals surface area contributed by atoms with Crippen LogP contribution in [0, 0.1) is 0 Å². The molecule has 0 spiro atoms. The van der Waals surface area contributed by atoms with E-state index in [0.29, 0.717) is 5.69 Å². The first-order valence-corrected chi connectivity index (χ1v) is 3.90. The molecule has 0 unspecified atom stereocenters. The molecule has 0 aliphatic rings. The molecule has 0 radical (unpaired) electrons. The third-order valence-corrected chi connectivity index (χ3v) is 1.38. The number of amides is 1. The molecule has 76 valence electrons. The number of rotatable bonds is 3. The maximum atomic E-state index is 11.8. The summed E-state index contributed by atoms with van der Waals surface area (Å²) in [6.07, 6.45) is 0. The van der Waals surface area contributed by atoms with Gasteiger partial charge in [-0.1, -0.05) is 6.07 Å². The van der Waals surface area contributed by atoms with Gasteiger partial charge < -0.3 is 10.1 Å². The molecule has 0 atom stereocenters. The lowest BCUT2D eigenvalue weighted by molar-refractivity contribution is -0.114. The average Bonchev–Trinajstić information content (AvgIpc) is 2.01. The fraction of sp³-hybridized carbons (Fsp3) is 0.222. The second kappa shape index (κ2) is 4.55. The van der Waals surface area contributed by atoms with Crippen molar-refractivity contribution in [1.82, 2.24) is 0 Å². The fourth-order valence-corrected chi connectivity index (χ4v) is 0.953. The van der Waals surface area contributed by atoms with E-state index < -0.39 is 6.61 Å². The number of halogens is 2. The first-order valence-electron chi connectivity index (χ1n) is 3.90. The topological polar surface area (TPSA) is 38.3 Å². The zero-order valence-corrected chi connectivity index (χ0v) is 7.46. The molecule has 1 N–H and O–H groups in total. The lowest BCUT2D eigenvalue weighted by Crippen LogP contribution is -2.06. The Balaban J connectivity index is 2.73. The Labute approximate surface area is 79.7 Å². The number of carbonyl (C=O) groups is 1. The van der Waals surface area contributed by atoms with Gasteiger partial charge >= 0.3 is 6.61 Å². The van der Waals surface area contributed by atoms with Crippen LogP contribution in [0.15, 0.2) is 24.3 Å². The first-order chi connectivity index (χ1) is 6.58. The Morgan fingerprint density at radius 3 is 2.79 bits per heavy atom. The molecule has 1 aromatic carbocycles. The molecule has 0 heterocycles. The number of ether oxygens (including phenoxy) is 1. The summed E-state index contributed by atoms with van der Waals surface area (Å²) >= 11 is 0. The highest BCUT2D eigenvalue weighted by Gasteiger charge is 2.04. The van der Waals surface area contributed by atoms with E-state index in [1.54, 1.807) is 6.07 Å². The van der Waals surface area contributed by atoms with Crippen LogP contribution in [0.3, 0.4) is 0 Å². The van der Waals surface area contributed by atoms with E-state index in [0.717, 1.165) is 0 Å². The number of hydrogen-bond acceptors (Lipinski definition) is 2. The maximum absolute atomic E-state index is 11.8. The second-order valence-corrected chi connectivity index (χ2v) is 2.59. The van der Waals surface area contributed by atoms with Crippen LogP contribution in [0.2, 0.25) is 0 Å². The van der Waals surface area contributed by atoms with Gasteiger partial charge in [0.2, 0.25) is 5.91 Å². The van der Waals surface area contributed by atoms with Crippen molar-refractivity contribution in [2.24, 2.45) is 0 Å². The molecule has 1 rings (SSSR count). The SMILES string of the molecule is CC(=O)Nc1cccc(OC(F)F)c1. The van der Waals surface area contributed by atoms with Crippen LogP contribution < -0.4 is 10.1 Å². The summed E-state index contributed by atoms with van der Waals surface area (Å²) in [5.74, 6) is -0.245. The predicted octanol–water partition coefficient (Wildman–Crippen LogP) is 2.25. The molecule has 0 saturated carbocycles. The Hall–Kier alpha value is -1.65. The van der Waals surface area contributed by atoms with Crippen LogP contribution >= 0.6 is 0 Å². The smallest absolute Gasteiger partial charge is 0.387 e. The van der Waals surface area contributed by atoms with Gasteiger partial charge in [0.25, 0.3) is 0 Å². The van der Waals surface area contributed by atoms with Gasteiger partial charge in [-0.15, -0.1) is 0 Å². The van der Waals surface area contributed by atoms with Gasteiger partial charge in [0.15, 0.2) is 0 Å². The van der Waals surface area contributed by atoms with E-state index in [9.17, 15) is 13.6 Å². The van der Waals surface area contributed by atoms with Crippen molar-refractivity contribution in [3.63, 3.8) is 0 Å². The minimum atomic E-state index is -2.86. The third-order valence-electron chi connectivity index (χ3n) is 1.38. The highest BCUT2D eigenvalue weighted by molar-refractivity contribution is 5.88. The molecule has 3 nitrogen and oxygen atoms in total. The number of alkyl halides is 2. The molecule has 5 heteroatoms. The Morgan fingerprint density at radius 2 is 2.21 bits per heavy atom. The number of benzene rings is 1. The number of carbonyl (C=O) groups excluding carboxylic acids is 1. The van der Waals surface area contributed by atoms with Crippen molar-refractivity contribution in [2.45, 2.75) is 13.5 Å². The molecular weight excluding hydrogens is 192 g/mol. The summed E-state index contributed by atoms with van der Waals surface area (Å²) in [5.41, 5.74) is 0.427. The van der Waals surface area contributed by atoms with Gasteiger partial charge in [0.1, 0.15) is 5.75 Å². The van der Waals surface area contributed by atoms with Gasteiger partial charge in [-0.2, -0.15) is 8.78 Å². The molecule has 0 aliphatic carbocycles. The van der Waals surface area contributed by atoms with Crippen molar-refractivity contribution in [1.29, 1.82) is 0 Å². The lowest BCUT2D eigenvalue weighted by atomic mass is 10.3. The normalized spacial score (nSPS) is 10.0. The summed E-state index contributed by atoms with van der Waals surface area (Å²) < 4.78 is 27.8. The summed E-state index contributed by atoms with van der Waals surface area (Å²) in [5, 5.41) is 2.45. The fourth-order valence-electron chi connectivity index (χ4n) is 0.953. The average molecular weight is 201 g/mol. The zero-order valence-electron chi connectivity index (χ0n) is 7.46. The van der Waals surface area contributed by atoms with Crippen molar-refractivity contribution in [2.75, 3.05) is 5.32 Å². The first kappa shape index (κ1) is 10.4. The van der Waals surface area contributed by atoms with Gasteiger partial charge in [0.05, 0.1) is 0 Å². The summed E-state index contributed by atoms with van der Waals surface area (Å²) in [7, 11) is 0. The van der Waals surface area contributed by atoms with Crippen molar-refractivity contribution < 1.29 is 18.3 Å². The molecule has 14 heavy (non-hydrogen) atoms. The maximum Gasteiger partial charge on any atom is 0.387 e. The molecular formula is C9H9F2NO2. The summed E-state index contributed by atoms with van der Waals surface area (Å²) in [4.78, 5) is 10.6. The second-order valence-electron chi connectivity index (χ2n) is 2.59. The van der Waals surface area contributed by atoms with E-state index in [-0.39, 0.29) is 11.7 Å². The van der Waals surface area contributed by atoms with Gasteiger partial charge in [-0.3, -0.25) is 4.79 Å². The molecule has 0 bridgehead atoms. The van der Waals surface area contributed by atoms with Crippen LogP contribution in [-0.2, 0) is 4.79 Å². The van der Waals surface area contributed by atoms with E-state index in [2.05, 4.69) is 10.1 Å². The Kier molecular flexibility index (Phi) is 3.39. The van der Waals surface area contributed by atoms with Crippen LogP contribution in [0.5, 0.6) is 5.75 Å². The minimum absolute atomic E-state index is 0.0197. The molecule has 0 aromatic heterocycles. The quantitative estimate of drug-likeness (QED) is 0.814. The van der Waals surface area contributed by atoms with Crippen molar-refractivity contribution >= 4 is 11.6 Å². The predicted molar refractivity (Wildman–Crippen MR) is 47.4 cm³/mol. The highest BCUT2D eigenvalue weighted by Crippen LogP contribution is 2.18. The van der Waals surface area contributed by atoms with E-state index in [1.807, 2.05) is 0 Å². The molecule has 1 amide bonds. The minimum Gasteiger partial charge on any atom is -0.435 e. The summed E-state index contributed by atoms with van der Waals surface area (Å²) in [6.45, 7) is -1.52. The third kappa shape index (κ3) is 3.38. The van der Waals surface area contributed by atoms with Gasteiger partial charge in [-0.25, -0.2) is 0 Å². The standard InChI is InChI=1S/C9H9F2NO2/c1-6(13)12-7-3-2-4-8(5-7)14-9(10)11/h2-5,9H,1H3,(H,12,13). The zero-order chi connectivity index (χ0) is 10.6. The Morgan fingerprint density at radius 1 is 1.50 bits per heavy atom. The van der Waals surface area contributed by atoms with Gasteiger partial charge in [-0.05, 0) is 12.1 Å². The van der Waals surface area contributed by atoms with Crippen molar-refractivity contribution in [3.8, 4) is 5.75 Å². The highest BCUT2D eigenvalue weighted by atomic mass is 19.3. The van der Waals surface area contributed by atoms with E-state index in [1.165, 1.54) is 25.1 Å². The van der Waals surface area contributed by atoms with Crippen molar-refractivity contribution in [3.05, 3.63) is 24.3 Å². The van der Waals surface area contributed by atoms with Gasteiger partial charge in [0, 0.05) is 18.7 Å². The van der Waals surface area contributed by atoms with Crippen LogP contribution in [0.4, 0.5) is 14.5 Å².